The molecule has 15 heavy (non-hydrogen) atoms. The minimum absolute atomic E-state index is 0.225. The van der Waals surface area contributed by atoms with E-state index in [1.54, 1.807) is 7.11 Å². The quantitative estimate of drug-likeness (QED) is 0.669. The van der Waals surface area contributed by atoms with Gasteiger partial charge in [0.2, 0.25) is 0 Å². The Labute approximate surface area is 92.2 Å². The van der Waals surface area contributed by atoms with Crippen LogP contribution in [0.25, 0.3) is 0 Å². The molecule has 1 rings (SSSR count). The van der Waals surface area contributed by atoms with Gasteiger partial charge in [-0.3, -0.25) is 0 Å². The highest BCUT2D eigenvalue weighted by molar-refractivity contribution is 5.19. The van der Waals surface area contributed by atoms with Crippen molar-refractivity contribution in [3.05, 3.63) is 35.9 Å². The number of hydrogen-bond acceptors (Lipinski definition) is 2. The van der Waals surface area contributed by atoms with Gasteiger partial charge in [0.05, 0.1) is 19.3 Å². The lowest BCUT2D eigenvalue weighted by atomic mass is 9.96. The third kappa shape index (κ3) is 4.02. The summed E-state index contributed by atoms with van der Waals surface area (Å²) in [5.74, 6) is 0.419. The molecule has 0 saturated heterocycles. The van der Waals surface area contributed by atoms with Crippen LogP contribution in [0.2, 0.25) is 0 Å². The predicted molar refractivity (Wildman–Crippen MR) is 62.1 cm³/mol. The van der Waals surface area contributed by atoms with Crippen LogP contribution in [-0.4, -0.2) is 26.4 Å². The lowest BCUT2D eigenvalue weighted by Gasteiger charge is -2.20. The van der Waals surface area contributed by atoms with Gasteiger partial charge in [-0.15, -0.1) is 0 Å². The standard InChI is InChI=1S/C13H20O2/c1-11(12(2)15-10-9-14-3)13-7-5-4-6-8-13/h4-8,11-12H,9-10H2,1-3H3. The molecule has 0 saturated carbocycles. The molecule has 2 atom stereocenters. The van der Waals surface area contributed by atoms with Crippen molar-refractivity contribution in [3.8, 4) is 0 Å². The van der Waals surface area contributed by atoms with E-state index in [0.717, 1.165) is 0 Å². The van der Waals surface area contributed by atoms with Crippen molar-refractivity contribution in [1.82, 2.24) is 0 Å². The average molecular weight is 208 g/mol. The summed E-state index contributed by atoms with van der Waals surface area (Å²) in [5.41, 5.74) is 1.32. The molecule has 84 valence electrons. The first-order chi connectivity index (χ1) is 7.25. The van der Waals surface area contributed by atoms with Crippen LogP contribution in [0, 0.1) is 0 Å². The number of methoxy groups -OCH3 is 1. The first-order valence-corrected chi connectivity index (χ1v) is 5.41. The van der Waals surface area contributed by atoms with Gasteiger partial charge in [0, 0.05) is 13.0 Å². The Bertz CT molecular complexity index is 258. The van der Waals surface area contributed by atoms with E-state index in [0.29, 0.717) is 19.1 Å². The molecular formula is C13H20O2. The Morgan fingerprint density at radius 2 is 1.73 bits per heavy atom. The van der Waals surface area contributed by atoms with Crippen molar-refractivity contribution in [2.24, 2.45) is 0 Å². The fourth-order valence-electron chi connectivity index (χ4n) is 1.49. The predicted octanol–water partition coefficient (Wildman–Crippen LogP) is 2.84. The monoisotopic (exact) mass is 208 g/mol. The third-order valence-electron chi connectivity index (χ3n) is 2.70. The number of hydrogen-bond donors (Lipinski definition) is 0. The molecular weight excluding hydrogens is 188 g/mol. The van der Waals surface area contributed by atoms with E-state index >= 15 is 0 Å². The minimum atomic E-state index is 0.225. The van der Waals surface area contributed by atoms with Crippen molar-refractivity contribution in [3.63, 3.8) is 0 Å². The SMILES string of the molecule is COCCOC(C)C(C)c1ccccc1. The summed E-state index contributed by atoms with van der Waals surface area (Å²) in [6.07, 6.45) is 0.225. The largest absolute Gasteiger partial charge is 0.382 e. The molecule has 0 heterocycles. The Morgan fingerprint density at radius 3 is 2.33 bits per heavy atom. The molecule has 0 aliphatic rings. The number of ether oxygens (including phenoxy) is 2. The maximum Gasteiger partial charge on any atom is 0.0704 e. The van der Waals surface area contributed by atoms with Crippen molar-refractivity contribution in [2.45, 2.75) is 25.9 Å². The zero-order chi connectivity index (χ0) is 11.1. The first-order valence-electron chi connectivity index (χ1n) is 5.41. The van der Waals surface area contributed by atoms with E-state index in [9.17, 15) is 0 Å². The number of benzene rings is 1. The molecule has 2 unspecified atom stereocenters. The second-order valence-corrected chi connectivity index (χ2v) is 3.77. The normalized spacial score (nSPS) is 14.9. The second kappa shape index (κ2) is 6.59. The van der Waals surface area contributed by atoms with E-state index in [-0.39, 0.29) is 6.10 Å². The summed E-state index contributed by atoms with van der Waals surface area (Å²) in [7, 11) is 1.69. The third-order valence-corrected chi connectivity index (χ3v) is 2.70. The van der Waals surface area contributed by atoms with E-state index < -0.39 is 0 Å². The van der Waals surface area contributed by atoms with Crippen LogP contribution < -0.4 is 0 Å². The van der Waals surface area contributed by atoms with Crippen LogP contribution in [-0.2, 0) is 9.47 Å². The Kier molecular flexibility index (Phi) is 5.37. The van der Waals surface area contributed by atoms with Crippen molar-refractivity contribution in [2.75, 3.05) is 20.3 Å². The number of rotatable bonds is 6. The fourth-order valence-corrected chi connectivity index (χ4v) is 1.49. The molecule has 1 aromatic carbocycles. The second-order valence-electron chi connectivity index (χ2n) is 3.77. The maximum atomic E-state index is 5.67. The van der Waals surface area contributed by atoms with Crippen LogP contribution in [0.1, 0.15) is 25.3 Å². The summed E-state index contributed by atoms with van der Waals surface area (Å²) in [6, 6.07) is 10.4. The molecule has 0 spiro atoms. The molecule has 0 aliphatic heterocycles. The molecule has 1 aromatic rings. The van der Waals surface area contributed by atoms with Gasteiger partial charge in [-0.25, -0.2) is 0 Å². The van der Waals surface area contributed by atoms with Crippen molar-refractivity contribution >= 4 is 0 Å². The summed E-state index contributed by atoms with van der Waals surface area (Å²) in [4.78, 5) is 0. The highest BCUT2D eigenvalue weighted by Gasteiger charge is 2.13. The lowest BCUT2D eigenvalue weighted by molar-refractivity contribution is 0.0158. The van der Waals surface area contributed by atoms with Gasteiger partial charge in [0.1, 0.15) is 0 Å². The molecule has 0 amide bonds. The van der Waals surface area contributed by atoms with Crippen LogP contribution in [0.15, 0.2) is 30.3 Å². The van der Waals surface area contributed by atoms with Crippen LogP contribution in [0.4, 0.5) is 0 Å². The topological polar surface area (TPSA) is 18.5 Å². The summed E-state index contributed by atoms with van der Waals surface area (Å²) >= 11 is 0. The molecule has 0 aromatic heterocycles. The van der Waals surface area contributed by atoms with Crippen molar-refractivity contribution < 1.29 is 9.47 Å². The average Bonchev–Trinajstić information content (AvgIpc) is 2.29. The highest BCUT2D eigenvalue weighted by atomic mass is 16.5. The molecule has 0 aliphatic carbocycles. The summed E-state index contributed by atoms with van der Waals surface area (Å²) < 4.78 is 10.6. The van der Waals surface area contributed by atoms with E-state index in [1.165, 1.54) is 5.56 Å². The van der Waals surface area contributed by atoms with E-state index in [4.69, 9.17) is 9.47 Å². The zero-order valence-corrected chi connectivity index (χ0v) is 9.77. The maximum absolute atomic E-state index is 5.67. The van der Waals surface area contributed by atoms with Gasteiger partial charge >= 0.3 is 0 Å². The first kappa shape index (κ1) is 12.2. The minimum Gasteiger partial charge on any atom is -0.382 e. The van der Waals surface area contributed by atoms with Gasteiger partial charge in [0.15, 0.2) is 0 Å². The molecule has 0 fully saturated rings. The Hall–Kier alpha value is -0.860. The van der Waals surface area contributed by atoms with Gasteiger partial charge in [-0.1, -0.05) is 37.3 Å². The zero-order valence-electron chi connectivity index (χ0n) is 9.77. The molecule has 0 N–H and O–H groups in total. The molecule has 0 bridgehead atoms. The van der Waals surface area contributed by atoms with Crippen LogP contribution in [0.5, 0.6) is 0 Å². The Morgan fingerprint density at radius 1 is 1.07 bits per heavy atom. The van der Waals surface area contributed by atoms with Crippen LogP contribution in [0.3, 0.4) is 0 Å². The molecule has 0 radical (unpaired) electrons. The van der Waals surface area contributed by atoms with Gasteiger partial charge in [-0.05, 0) is 12.5 Å². The Balaban J connectivity index is 2.42. The van der Waals surface area contributed by atoms with E-state index in [1.807, 2.05) is 6.07 Å². The highest BCUT2D eigenvalue weighted by Crippen LogP contribution is 2.20. The fraction of sp³-hybridized carbons (Fsp3) is 0.538. The van der Waals surface area contributed by atoms with E-state index in [2.05, 4.69) is 38.1 Å². The smallest absolute Gasteiger partial charge is 0.0704 e. The lowest BCUT2D eigenvalue weighted by Crippen LogP contribution is -2.18. The van der Waals surface area contributed by atoms with Gasteiger partial charge < -0.3 is 9.47 Å². The van der Waals surface area contributed by atoms with Crippen molar-refractivity contribution in [1.29, 1.82) is 0 Å². The van der Waals surface area contributed by atoms with Gasteiger partial charge in [0.25, 0.3) is 0 Å². The molecule has 2 heteroatoms. The summed E-state index contributed by atoms with van der Waals surface area (Å²) in [5, 5.41) is 0. The summed E-state index contributed by atoms with van der Waals surface area (Å²) in [6.45, 7) is 5.61. The van der Waals surface area contributed by atoms with Gasteiger partial charge in [-0.2, -0.15) is 0 Å². The van der Waals surface area contributed by atoms with Crippen LogP contribution >= 0.6 is 0 Å². The molecule has 2 nitrogen and oxygen atoms in total.